The van der Waals surface area contributed by atoms with Crippen LogP contribution < -0.4 is 10.2 Å². The summed E-state index contributed by atoms with van der Waals surface area (Å²) in [7, 11) is 0. The lowest BCUT2D eigenvalue weighted by Crippen LogP contribution is -2.51. The van der Waals surface area contributed by atoms with Crippen molar-refractivity contribution in [2.45, 2.75) is 76.4 Å². The minimum atomic E-state index is -4.91. The number of ketones is 1. The summed E-state index contributed by atoms with van der Waals surface area (Å²) < 4.78 is 42.9. The van der Waals surface area contributed by atoms with Gasteiger partial charge in [-0.25, -0.2) is 9.78 Å². The molecule has 2 unspecified atom stereocenters. The summed E-state index contributed by atoms with van der Waals surface area (Å²) in [6.07, 6.45) is -1.12. The van der Waals surface area contributed by atoms with Gasteiger partial charge in [-0.15, -0.1) is 0 Å². The maximum atomic E-state index is 12.5. The van der Waals surface area contributed by atoms with Crippen LogP contribution in [0.5, 0.6) is 0 Å². The third kappa shape index (κ3) is 4.56. The number of anilines is 1. The number of carbonyl (C=O) groups is 2. The molecule has 154 valence electrons. The molecule has 6 nitrogen and oxygen atoms in total. The zero-order chi connectivity index (χ0) is 20.7. The van der Waals surface area contributed by atoms with E-state index < -0.39 is 29.2 Å². The summed E-state index contributed by atoms with van der Waals surface area (Å²) in [5.74, 6) is -1.34. The smallest absolute Gasteiger partial charge is 0.444 e. The topological polar surface area (TPSA) is 71.5 Å². The highest BCUT2D eigenvalue weighted by Gasteiger charge is 2.43. The van der Waals surface area contributed by atoms with Gasteiger partial charge < -0.3 is 15.0 Å². The van der Waals surface area contributed by atoms with Crippen LogP contribution in [0.25, 0.3) is 0 Å². The second kappa shape index (κ2) is 7.25. The van der Waals surface area contributed by atoms with E-state index in [1.165, 1.54) is 12.1 Å². The van der Waals surface area contributed by atoms with E-state index in [0.29, 0.717) is 18.7 Å². The number of fused-ring (bicyclic) bond motifs is 2. The summed E-state index contributed by atoms with van der Waals surface area (Å²) in [4.78, 5) is 29.5. The molecular formula is C19H24F3N3O3. The number of alkyl carbamates (subject to hydrolysis) is 1. The number of rotatable bonds is 3. The Labute approximate surface area is 161 Å². The SMILES string of the molecule is CC(C)(C)OC(=O)NC1CC2CCC(C1)N2c1ccc(C(=O)C(F)(F)F)cn1. The summed E-state index contributed by atoms with van der Waals surface area (Å²) in [5.41, 5.74) is -1.03. The number of alkyl halides is 3. The number of pyridine rings is 1. The first-order valence-corrected chi connectivity index (χ1v) is 9.29. The average molecular weight is 399 g/mol. The van der Waals surface area contributed by atoms with Gasteiger partial charge in [-0.1, -0.05) is 0 Å². The number of hydrogen-bond donors (Lipinski definition) is 1. The van der Waals surface area contributed by atoms with Crippen molar-refractivity contribution in [2.75, 3.05) is 4.90 Å². The second-order valence-electron chi connectivity index (χ2n) is 8.34. The molecule has 1 N–H and O–H groups in total. The second-order valence-corrected chi connectivity index (χ2v) is 8.34. The van der Waals surface area contributed by atoms with Crippen molar-refractivity contribution in [1.29, 1.82) is 0 Å². The van der Waals surface area contributed by atoms with E-state index in [0.717, 1.165) is 19.0 Å². The van der Waals surface area contributed by atoms with Gasteiger partial charge in [0.15, 0.2) is 0 Å². The minimum absolute atomic E-state index is 0.0188. The van der Waals surface area contributed by atoms with Crippen LogP contribution >= 0.6 is 0 Å². The highest BCUT2D eigenvalue weighted by atomic mass is 19.4. The fourth-order valence-electron chi connectivity index (χ4n) is 3.98. The lowest BCUT2D eigenvalue weighted by molar-refractivity contribution is -0.0885. The molecule has 0 saturated carbocycles. The maximum absolute atomic E-state index is 12.5. The number of piperidine rings is 1. The molecule has 2 aliphatic rings. The first-order valence-electron chi connectivity index (χ1n) is 9.29. The Morgan fingerprint density at radius 1 is 1.14 bits per heavy atom. The van der Waals surface area contributed by atoms with E-state index in [1.54, 1.807) is 20.8 Å². The first kappa shape index (κ1) is 20.4. The van der Waals surface area contributed by atoms with E-state index in [-0.39, 0.29) is 18.1 Å². The summed E-state index contributed by atoms with van der Waals surface area (Å²) in [6, 6.07) is 2.88. The van der Waals surface area contributed by atoms with Crippen LogP contribution in [0.1, 0.15) is 56.8 Å². The molecule has 3 rings (SSSR count). The molecular weight excluding hydrogens is 375 g/mol. The highest BCUT2D eigenvalue weighted by molar-refractivity contribution is 6.00. The van der Waals surface area contributed by atoms with Gasteiger partial charge in [0.2, 0.25) is 0 Å². The Morgan fingerprint density at radius 3 is 2.21 bits per heavy atom. The standard InChI is InChI=1S/C19H24F3N3O3/c1-18(2,3)28-17(27)24-12-8-13-5-6-14(9-12)25(13)15-7-4-11(10-23-15)16(26)19(20,21)22/h4,7,10,12-14H,5-6,8-9H2,1-3H3,(H,24,27). The molecule has 2 fully saturated rings. The number of nitrogens with one attached hydrogen (secondary N) is 1. The van der Waals surface area contributed by atoms with Crippen LogP contribution in [0.3, 0.4) is 0 Å². The molecule has 2 saturated heterocycles. The molecule has 28 heavy (non-hydrogen) atoms. The quantitative estimate of drug-likeness (QED) is 0.782. The molecule has 0 aromatic carbocycles. The predicted molar refractivity (Wildman–Crippen MR) is 96.3 cm³/mol. The van der Waals surface area contributed by atoms with Crippen molar-refractivity contribution < 1.29 is 27.5 Å². The van der Waals surface area contributed by atoms with E-state index in [1.807, 2.05) is 0 Å². The zero-order valence-electron chi connectivity index (χ0n) is 16.0. The lowest BCUT2D eigenvalue weighted by atomic mass is 9.97. The molecule has 2 aliphatic heterocycles. The van der Waals surface area contributed by atoms with Crippen molar-refractivity contribution in [1.82, 2.24) is 10.3 Å². The van der Waals surface area contributed by atoms with Crippen LogP contribution in [0.4, 0.5) is 23.8 Å². The Hall–Kier alpha value is -2.32. The average Bonchev–Trinajstić information content (AvgIpc) is 2.82. The van der Waals surface area contributed by atoms with Gasteiger partial charge in [0.05, 0.1) is 0 Å². The Bertz CT molecular complexity index is 730. The number of aromatic nitrogens is 1. The van der Waals surface area contributed by atoms with Gasteiger partial charge >= 0.3 is 12.3 Å². The van der Waals surface area contributed by atoms with Gasteiger partial charge in [-0.2, -0.15) is 13.2 Å². The molecule has 0 aliphatic carbocycles. The fourth-order valence-corrected chi connectivity index (χ4v) is 3.98. The number of amides is 1. The fraction of sp³-hybridized carbons (Fsp3) is 0.632. The summed E-state index contributed by atoms with van der Waals surface area (Å²) in [6.45, 7) is 5.41. The molecule has 2 bridgehead atoms. The number of hydrogen-bond acceptors (Lipinski definition) is 5. The third-order valence-corrected chi connectivity index (χ3v) is 4.99. The molecule has 0 spiro atoms. The molecule has 9 heteroatoms. The molecule has 1 amide bonds. The molecule has 0 radical (unpaired) electrons. The maximum Gasteiger partial charge on any atom is 0.454 e. The van der Waals surface area contributed by atoms with Gasteiger partial charge in [0.25, 0.3) is 5.78 Å². The monoisotopic (exact) mass is 399 g/mol. The van der Waals surface area contributed by atoms with Gasteiger partial charge in [0, 0.05) is 29.9 Å². The van der Waals surface area contributed by atoms with Gasteiger partial charge in [0.1, 0.15) is 11.4 Å². The number of halogens is 3. The molecule has 1 aromatic rings. The van der Waals surface area contributed by atoms with Crippen molar-refractivity contribution in [3.63, 3.8) is 0 Å². The number of Topliss-reactive ketones (excluding diaryl/α,β-unsaturated/α-hetero) is 1. The van der Waals surface area contributed by atoms with E-state index >= 15 is 0 Å². The van der Waals surface area contributed by atoms with Crippen LogP contribution in [0.15, 0.2) is 18.3 Å². The Kier molecular flexibility index (Phi) is 5.29. The van der Waals surface area contributed by atoms with Crippen LogP contribution in [-0.4, -0.2) is 46.8 Å². The van der Waals surface area contributed by atoms with Crippen molar-refractivity contribution >= 4 is 17.7 Å². The molecule has 2 atom stereocenters. The highest BCUT2D eigenvalue weighted by Crippen LogP contribution is 2.38. The summed E-state index contributed by atoms with van der Waals surface area (Å²) >= 11 is 0. The normalized spacial score (nSPS) is 24.8. The third-order valence-electron chi connectivity index (χ3n) is 4.99. The van der Waals surface area contributed by atoms with Crippen molar-refractivity contribution in [3.8, 4) is 0 Å². The van der Waals surface area contributed by atoms with E-state index in [2.05, 4.69) is 15.2 Å². The number of nitrogens with zero attached hydrogens (tertiary/aromatic N) is 2. The Morgan fingerprint density at radius 2 is 1.75 bits per heavy atom. The zero-order valence-corrected chi connectivity index (χ0v) is 16.0. The van der Waals surface area contributed by atoms with Crippen molar-refractivity contribution in [2.24, 2.45) is 0 Å². The Balaban J connectivity index is 1.65. The number of ether oxygens (including phenoxy) is 1. The van der Waals surface area contributed by atoms with Crippen LogP contribution in [-0.2, 0) is 4.74 Å². The van der Waals surface area contributed by atoms with E-state index in [4.69, 9.17) is 4.74 Å². The predicted octanol–water partition coefficient (Wildman–Crippen LogP) is 3.85. The van der Waals surface area contributed by atoms with Gasteiger partial charge in [-0.05, 0) is 58.6 Å². The minimum Gasteiger partial charge on any atom is -0.444 e. The summed E-state index contributed by atoms with van der Waals surface area (Å²) in [5, 5.41) is 2.91. The first-order chi connectivity index (χ1) is 12.9. The number of carbonyl (C=O) groups excluding carboxylic acids is 2. The van der Waals surface area contributed by atoms with Crippen LogP contribution in [0, 0.1) is 0 Å². The lowest BCUT2D eigenvalue weighted by Gasteiger charge is -2.40. The van der Waals surface area contributed by atoms with Crippen LogP contribution in [0.2, 0.25) is 0 Å². The largest absolute Gasteiger partial charge is 0.454 e. The van der Waals surface area contributed by atoms with Gasteiger partial charge in [-0.3, -0.25) is 4.79 Å². The molecule has 3 heterocycles. The van der Waals surface area contributed by atoms with Crippen molar-refractivity contribution in [3.05, 3.63) is 23.9 Å². The molecule has 1 aromatic heterocycles. The van der Waals surface area contributed by atoms with E-state index in [9.17, 15) is 22.8 Å².